The van der Waals surface area contributed by atoms with Crippen LogP contribution in [0.5, 0.6) is 0 Å². The molecule has 0 aliphatic heterocycles. The smallest absolute Gasteiger partial charge is 0.128 e. The van der Waals surface area contributed by atoms with Gasteiger partial charge in [-0.25, -0.2) is 8.78 Å². The quantitative estimate of drug-likeness (QED) is 0.686. The molecule has 96 valence electrons. The summed E-state index contributed by atoms with van der Waals surface area (Å²) >= 11 is 1.25. The predicted octanol–water partition coefficient (Wildman–Crippen LogP) is 3.71. The minimum absolute atomic E-state index is 0.275. The van der Waals surface area contributed by atoms with Crippen molar-refractivity contribution >= 4 is 17.4 Å². The lowest BCUT2D eigenvalue weighted by Gasteiger charge is -2.06. The van der Waals surface area contributed by atoms with Gasteiger partial charge in [-0.2, -0.15) is 5.26 Å². The van der Waals surface area contributed by atoms with E-state index in [4.69, 9.17) is 11.0 Å². The van der Waals surface area contributed by atoms with Crippen LogP contribution in [0, 0.1) is 23.0 Å². The molecule has 0 atom stereocenters. The Labute approximate surface area is 113 Å². The molecule has 0 aliphatic carbocycles. The molecule has 19 heavy (non-hydrogen) atoms. The zero-order chi connectivity index (χ0) is 13.8. The highest BCUT2D eigenvalue weighted by Crippen LogP contribution is 2.29. The van der Waals surface area contributed by atoms with E-state index < -0.39 is 5.82 Å². The summed E-state index contributed by atoms with van der Waals surface area (Å²) in [5.74, 6) is -0.496. The lowest BCUT2D eigenvalue weighted by Crippen LogP contribution is -1.92. The summed E-state index contributed by atoms with van der Waals surface area (Å²) in [6.45, 7) is 0. The topological polar surface area (TPSA) is 49.8 Å². The standard InChI is InChI=1S/C14H10F2N2S/c15-11-3-4-13(18)14(6-11)19-8-10-2-1-9(7-17)5-12(10)16/h1-6H,8,18H2. The maximum absolute atomic E-state index is 13.6. The third-order valence-electron chi connectivity index (χ3n) is 2.54. The molecule has 2 aromatic rings. The van der Waals surface area contributed by atoms with Gasteiger partial charge in [-0.15, -0.1) is 11.8 Å². The highest BCUT2D eigenvalue weighted by Gasteiger charge is 2.07. The molecule has 2 nitrogen and oxygen atoms in total. The second-order valence-electron chi connectivity index (χ2n) is 3.89. The molecule has 0 aliphatic rings. The van der Waals surface area contributed by atoms with Crippen LogP contribution in [0.25, 0.3) is 0 Å². The lowest BCUT2D eigenvalue weighted by molar-refractivity contribution is 0.617. The van der Waals surface area contributed by atoms with Gasteiger partial charge in [-0.3, -0.25) is 0 Å². The van der Waals surface area contributed by atoms with Gasteiger partial charge in [0.2, 0.25) is 0 Å². The van der Waals surface area contributed by atoms with Crippen LogP contribution < -0.4 is 5.73 Å². The van der Waals surface area contributed by atoms with E-state index >= 15 is 0 Å². The molecule has 0 radical (unpaired) electrons. The summed E-state index contributed by atoms with van der Waals surface area (Å²) in [6, 6.07) is 10.2. The fraction of sp³-hybridized carbons (Fsp3) is 0.0714. The number of benzene rings is 2. The first-order valence-corrected chi connectivity index (χ1v) is 6.45. The SMILES string of the molecule is N#Cc1ccc(CSc2cc(F)ccc2N)c(F)c1. The van der Waals surface area contributed by atoms with Gasteiger partial charge in [0.1, 0.15) is 11.6 Å². The summed E-state index contributed by atoms with van der Waals surface area (Å²) < 4.78 is 26.7. The van der Waals surface area contributed by atoms with E-state index in [1.54, 1.807) is 12.1 Å². The summed E-state index contributed by atoms with van der Waals surface area (Å²) in [5.41, 5.74) is 6.90. The van der Waals surface area contributed by atoms with Crippen LogP contribution in [0.3, 0.4) is 0 Å². The lowest BCUT2D eigenvalue weighted by atomic mass is 10.1. The number of nitrogens with zero attached hydrogens (tertiary/aromatic N) is 1. The molecule has 0 unspecified atom stereocenters. The van der Waals surface area contributed by atoms with E-state index in [1.165, 1.54) is 36.0 Å². The monoisotopic (exact) mass is 276 g/mol. The van der Waals surface area contributed by atoms with Gasteiger partial charge >= 0.3 is 0 Å². The molecular weight excluding hydrogens is 266 g/mol. The fourth-order valence-corrected chi connectivity index (χ4v) is 2.50. The molecule has 0 aromatic heterocycles. The third-order valence-corrected chi connectivity index (χ3v) is 3.66. The van der Waals surface area contributed by atoms with Crippen LogP contribution >= 0.6 is 11.8 Å². The van der Waals surface area contributed by atoms with Gasteiger partial charge in [0.05, 0.1) is 11.6 Å². The van der Waals surface area contributed by atoms with Gasteiger partial charge in [0.25, 0.3) is 0 Å². The van der Waals surface area contributed by atoms with E-state index in [0.29, 0.717) is 21.9 Å². The van der Waals surface area contributed by atoms with E-state index in [2.05, 4.69) is 0 Å². The summed E-state index contributed by atoms with van der Waals surface area (Å²) in [4.78, 5) is 0.573. The molecule has 0 fully saturated rings. The Morgan fingerprint density at radius 3 is 2.63 bits per heavy atom. The predicted molar refractivity (Wildman–Crippen MR) is 71.5 cm³/mol. The number of hydrogen-bond acceptors (Lipinski definition) is 3. The molecule has 0 saturated carbocycles. The highest BCUT2D eigenvalue weighted by molar-refractivity contribution is 7.98. The van der Waals surface area contributed by atoms with Gasteiger partial charge in [-0.05, 0) is 35.9 Å². The van der Waals surface area contributed by atoms with Crippen molar-refractivity contribution in [3.8, 4) is 6.07 Å². The molecule has 0 bridgehead atoms. The molecular formula is C14H10F2N2S. The van der Waals surface area contributed by atoms with Gasteiger partial charge < -0.3 is 5.73 Å². The Bertz CT molecular complexity index is 650. The van der Waals surface area contributed by atoms with E-state index in [-0.39, 0.29) is 11.4 Å². The molecule has 2 aromatic carbocycles. The van der Waals surface area contributed by atoms with Crippen molar-refractivity contribution in [1.82, 2.24) is 0 Å². The van der Waals surface area contributed by atoms with Crippen molar-refractivity contribution < 1.29 is 8.78 Å². The summed E-state index contributed by atoms with van der Waals surface area (Å²) in [5, 5.41) is 8.65. The summed E-state index contributed by atoms with van der Waals surface area (Å²) in [7, 11) is 0. The van der Waals surface area contributed by atoms with Gasteiger partial charge in [0, 0.05) is 16.3 Å². The van der Waals surface area contributed by atoms with Gasteiger partial charge in [-0.1, -0.05) is 6.07 Å². The van der Waals surface area contributed by atoms with Crippen molar-refractivity contribution in [3.05, 3.63) is 59.2 Å². The summed E-state index contributed by atoms with van der Waals surface area (Å²) in [6.07, 6.45) is 0. The average Bonchev–Trinajstić information content (AvgIpc) is 2.40. The number of nitriles is 1. The number of nitrogens with two attached hydrogens (primary N) is 1. The Hall–Kier alpha value is -2.06. The van der Waals surface area contributed by atoms with Crippen molar-refractivity contribution in [1.29, 1.82) is 5.26 Å². The molecule has 2 rings (SSSR count). The second kappa shape index (κ2) is 5.72. The number of hydrogen-bond donors (Lipinski definition) is 1. The first kappa shape index (κ1) is 13.4. The van der Waals surface area contributed by atoms with Crippen molar-refractivity contribution in [2.45, 2.75) is 10.6 Å². The first-order chi connectivity index (χ1) is 9.10. The molecule has 0 heterocycles. The number of nitrogen functional groups attached to an aromatic ring is 1. The van der Waals surface area contributed by atoms with Crippen LogP contribution in [-0.4, -0.2) is 0 Å². The molecule has 0 saturated heterocycles. The van der Waals surface area contributed by atoms with Gasteiger partial charge in [0.15, 0.2) is 0 Å². The Morgan fingerprint density at radius 2 is 1.95 bits per heavy atom. The Kier molecular flexibility index (Phi) is 4.03. The zero-order valence-electron chi connectivity index (χ0n) is 9.86. The minimum Gasteiger partial charge on any atom is -0.398 e. The Balaban J connectivity index is 2.15. The van der Waals surface area contributed by atoms with Crippen LogP contribution in [0.4, 0.5) is 14.5 Å². The average molecular weight is 276 g/mol. The van der Waals surface area contributed by atoms with E-state index in [1.807, 2.05) is 6.07 Å². The van der Waals surface area contributed by atoms with Crippen molar-refractivity contribution in [2.75, 3.05) is 5.73 Å². The van der Waals surface area contributed by atoms with Crippen molar-refractivity contribution in [2.24, 2.45) is 0 Å². The van der Waals surface area contributed by atoms with E-state index in [0.717, 1.165) is 0 Å². The maximum atomic E-state index is 13.6. The number of anilines is 1. The minimum atomic E-state index is -0.443. The third kappa shape index (κ3) is 3.24. The van der Waals surface area contributed by atoms with Crippen molar-refractivity contribution in [3.63, 3.8) is 0 Å². The molecule has 5 heteroatoms. The highest BCUT2D eigenvalue weighted by atomic mass is 32.2. The number of halogens is 2. The zero-order valence-corrected chi connectivity index (χ0v) is 10.7. The molecule has 0 spiro atoms. The largest absolute Gasteiger partial charge is 0.398 e. The van der Waals surface area contributed by atoms with Crippen LogP contribution in [0.1, 0.15) is 11.1 Å². The number of thioether (sulfide) groups is 1. The number of rotatable bonds is 3. The molecule has 0 amide bonds. The molecule has 2 N–H and O–H groups in total. The normalized spacial score (nSPS) is 10.2. The first-order valence-electron chi connectivity index (χ1n) is 5.46. The van der Waals surface area contributed by atoms with Crippen LogP contribution in [0.15, 0.2) is 41.3 Å². The maximum Gasteiger partial charge on any atom is 0.128 e. The fourth-order valence-electron chi connectivity index (χ4n) is 1.52. The second-order valence-corrected chi connectivity index (χ2v) is 4.91. The van der Waals surface area contributed by atoms with E-state index in [9.17, 15) is 8.78 Å². The van der Waals surface area contributed by atoms with Crippen LogP contribution in [-0.2, 0) is 5.75 Å². The Morgan fingerprint density at radius 1 is 1.16 bits per heavy atom. The van der Waals surface area contributed by atoms with Crippen LogP contribution in [0.2, 0.25) is 0 Å².